The number of rotatable bonds is 5. The van der Waals surface area contributed by atoms with Gasteiger partial charge in [-0.15, -0.1) is 0 Å². The Hall–Kier alpha value is -3.93. The van der Waals surface area contributed by atoms with Crippen LogP contribution in [-0.4, -0.2) is 25.2 Å². The Morgan fingerprint density at radius 3 is 2.81 bits per heavy atom. The average Bonchev–Trinajstić information content (AvgIpc) is 3.46. The maximum absolute atomic E-state index is 12.4. The van der Waals surface area contributed by atoms with Crippen LogP contribution < -0.4 is 5.32 Å². The SMILES string of the molecule is O=C(C=Cc1cnn(-c2ccccc2)c1)Nc1cccc(-c2cn3c(n2)CCCC3)c1. The molecule has 3 heterocycles. The second-order valence-electron chi connectivity index (χ2n) is 7.65. The highest BCUT2D eigenvalue weighted by Gasteiger charge is 2.13. The van der Waals surface area contributed by atoms with Crippen LogP contribution in [-0.2, 0) is 17.8 Å². The molecule has 0 unspecified atom stereocenters. The van der Waals surface area contributed by atoms with Crippen LogP contribution in [0.2, 0.25) is 0 Å². The molecule has 2 aromatic carbocycles. The van der Waals surface area contributed by atoms with E-state index in [1.165, 1.54) is 18.9 Å². The molecule has 0 atom stereocenters. The smallest absolute Gasteiger partial charge is 0.248 e. The molecular weight excluding hydrogens is 386 g/mol. The summed E-state index contributed by atoms with van der Waals surface area (Å²) in [5.74, 6) is 0.961. The van der Waals surface area contributed by atoms with Gasteiger partial charge in [0.2, 0.25) is 5.91 Å². The first-order valence-electron chi connectivity index (χ1n) is 10.5. The standard InChI is InChI=1S/C25H23N5O/c31-25(13-12-19-16-26-30(17-19)22-9-2-1-3-10-22)27-21-8-6-7-20(15-21)23-18-29-14-5-4-11-24(29)28-23/h1-3,6-10,12-13,15-18H,4-5,11,14H2,(H,27,31). The molecule has 2 aromatic heterocycles. The number of amides is 1. The quantitative estimate of drug-likeness (QED) is 0.485. The number of para-hydroxylation sites is 1. The van der Waals surface area contributed by atoms with E-state index in [4.69, 9.17) is 4.98 Å². The molecular formula is C25H23N5O. The summed E-state index contributed by atoms with van der Waals surface area (Å²) in [6, 6.07) is 17.7. The second kappa shape index (κ2) is 8.44. The molecule has 1 N–H and O–H groups in total. The van der Waals surface area contributed by atoms with Gasteiger partial charge in [-0.1, -0.05) is 30.3 Å². The van der Waals surface area contributed by atoms with Crippen molar-refractivity contribution in [2.24, 2.45) is 0 Å². The van der Waals surface area contributed by atoms with E-state index < -0.39 is 0 Å². The van der Waals surface area contributed by atoms with Crippen molar-refractivity contribution in [2.45, 2.75) is 25.8 Å². The summed E-state index contributed by atoms with van der Waals surface area (Å²) in [7, 11) is 0. The summed E-state index contributed by atoms with van der Waals surface area (Å²) in [6.07, 6.45) is 12.4. The summed E-state index contributed by atoms with van der Waals surface area (Å²) in [5, 5.41) is 7.28. The lowest BCUT2D eigenvalue weighted by Gasteiger charge is -2.11. The van der Waals surface area contributed by atoms with E-state index in [2.05, 4.69) is 21.2 Å². The van der Waals surface area contributed by atoms with Gasteiger partial charge in [0.15, 0.2) is 0 Å². The van der Waals surface area contributed by atoms with Crippen molar-refractivity contribution in [2.75, 3.05) is 5.32 Å². The maximum atomic E-state index is 12.4. The molecule has 1 amide bonds. The van der Waals surface area contributed by atoms with Crippen LogP contribution in [0.25, 0.3) is 23.0 Å². The molecule has 0 aliphatic carbocycles. The number of nitrogens with zero attached hydrogens (tertiary/aromatic N) is 4. The van der Waals surface area contributed by atoms with Crippen molar-refractivity contribution in [3.05, 3.63) is 90.7 Å². The van der Waals surface area contributed by atoms with Crippen LogP contribution in [0, 0.1) is 0 Å². The Labute approximate surface area is 180 Å². The van der Waals surface area contributed by atoms with Gasteiger partial charge >= 0.3 is 0 Å². The molecule has 1 aliphatic heterocycles. The zero-order valence-electron chi connectivity index (χ0n) is 17.1. The highest BCUT2D eigenvalue weighted by molar-refractivity contribution is 6.02. The summed E-state index contributed by atoms with van der Waals surface area (Å²) < 4.78 is 4.02. The van der Waals surface area contributed by atoms with Gasteiger partial charge in [0.05, 0.1) is 17.6 Å². The number of benzene rings is 2. The number of anilines is 1. The molecule has 0 bridgehead atoms. The van der Waals surface area contributed by atoms with Gasteiger partial charge in [-0.25, -0.2) is 9.67 Å². The summed E-state index contributed by atoms with van der Waals surface area (Å²) in [6.45, 7) is 1.03. The molecule has 0 spiro atoms. The van der Waals surface area contributed by atoms with Gasteiger partial charge in [0, 0.05) is 48.2 Å². The third-order valence-corrected chi connectivity index (χ3v) is 5.38. The Balaban J connectivity index is 1.26. The predicted octanol–water partition coefficient (Wildman–Crippen LogP) is 4.72. The molecule has 0 saturated heterocycles. The fraction of sp³-hybridized carbons (Fsp3) is 0.160. The van der Waals surface area contributed by atoms with E-state index in [1.54, 1.807) is 17.0 Å². The molecule has 6 nitrogen and oxygen atoms in total. The van der Waals surface area contributed by atoms with E-state index in [9.17, 15) is 4.79 Å². The van der Waals surface area contributed by atoms with Crippen LogP contribution in [0.4, 0.5) is 5.69 Å². The van der Waals surface area contributed by atoms with Crippen LogP contribution >= 0.6 is 0 Å². The first kappa shape index (κ1) is 19.1. The molecule has 4 aromatic rings. The summed E-state index contributed by atoms with van der Waals surface area (Å²) in [5.41, 5.74) is 4.54. The van der Waals surface area contributed by atoms with Crippen LogP contribution in [0.1, 0.15) is 24.2 Å². The van der Waals surface area contributed by atoms with E-state index in [1.807, 2.05) is 60.8 Å². The zero-order chi connectivity index (χ0) is 21.0. The van der Waals surface area contributed by atoms with Gasteiger partial charge in [-0.3, -0.25) is 4.79 Å². The minimum Gasteiger partial charge on any atom is -0.334 e. The Bertz CT molecular complexity index is 1210. The largest absolute Gasteiger partial charge is 0.334 e. The maximum Gasteiger partial charge on any atom is 0.248 e. The number of fused-ring (bicyclic) bond motifs is 1. The molecule has 5 rings (SSSR count). The van der Waals surface area contributed by atoms with Gasteiger partial charge < -0.3 is 9.88 Å². The van der Waals surface area contributed by atoms with Gasteiger partial charge in [-0.2, -0.15) is 5.10 Å². The van der Waals surface area contributed by atoms with E-state index in [0.717, 1.165) is 47.0 Å². The molecule has 1 aliphatic rings. The number of carbonyl (C=O) groups excluding carboxylic acids is 1. The van der Waals surface area contributed by atoms with E-state index in [0.29, 0.717) is 0 Å². The van der Waals surface area contributed by atoms with Crippen molar-refractivity contribution in [1.29, 1.82) is 0 Å². The fourth-order valence-corrected chi connectivity index (χ4v) is 3.81. The number of aromatic nitrogens is 4. The van der Waals surface area contributed by atoms with Crippen LogP contribution in [0.15, 0.2) is 79.3 Å². The Morgan fingerprint density at radius 2 is 1.94 bits per heavy atom. The molecule has 0 radical (unpaired) electrons. The highest BCUT2D eigenvalue weighted by Crippen LogP contribution is 2.25. The first-order chi connectivity index (χ1) is 15.2. The third kappa shape index (κ3) is 4.33. The number of carbonyl (C=O) groups is 1. The molecule has 31 heavy (non-hydrogen) atoms. The van der Waals surface area contributed by atoms with Crippen molar-refractivity contribution in [3.63, 3.8) is 0 Å². The van der Waals surface area contributed by atoms with E-state index >= 15 is 0 Å². The Kier molecular flexibility index (Phi) is 5.19. The predicted molar refractivity (Wildman–Crippen MR) is 122 cm³/mol. The number of nitrogens with one attached hydrogen (secondary N) is 1. The second-order valence-corrected chi connectivity index (χ2v) is 7.65. The molecule has 6 heteroatoms. The third-order valence-electron chi connectivity index (χ3n) is 5.38. The Morgan fingerprint density at radius 1 is 1.03 bits per heavy atom. The van der Waals surface area contributed by atoms with E-state index in [-0.39, 0.29) is 5.91 Å². The topological polar surface area (TPSA) is 64.7 Å². The van der Waals surface area contributed by atoms with Crippen molar-refractivity contribution >= 4 is 17.7 Å². The van der Waals surface area contributed by atoms with Gasteiger partial charge in [0.1, 0.15) is 5.82 Å². The molecule has 0 saturated carbocycles. The number of aryl methyl sites for hydroxylation is 2. The van der Waals surface area contributed by atoms with Gasteiger partial charge in [-0.05, 0) is 43.2 Å². The number of hydrogen-bond acceptors (Lipinski definition) is 3. The summed E-state index contributed by atoms with van der Waals surface area (Å²) in [4.78, 5) is 17.2. The summed E-state index contributed by atoms with van der Waals surface area (Å²) >= 11 is 0. The number of imidazole rings is 1. The fourth-order valence-electron chi connectivity index (χ4n) is 3.81. The van der Waals surface area contributed by atoms with Crippen LogP contribution in [0.3, 0.4) is 0 Å². The zero-order valence-corrected chi connectivity index (χ0v) is 17.1. The highest BCUT2D eigenvalue weighted by atomic mass is 16.1. The lowest BCUT2D eigenvalue weighted by molar-refractivity contribution is -0.111. The van der Waals surface area contributed by atoms with Gasteiger partial charge in [0.25, 0.3) is 0 Å². The van der Waals surface area contributed by atoms with Crippen molar-refractivity contribution in [3.8, 4) is 16.9 Å². The number of hydrogen-bond donors (Lipinski definition) is 1. The molecule has 0 fully saturated rings. The minimum atomic E-state index is -0.186. The van der Waals surface area contributed by atoms with Crippen molar-refractivity contribution < 1.29 is 4.79 Å². The normalized spacial score (nSPS) is 13.3. The van der Waals surface area contributed by atoms with Crippen LogP contribution in [0.5, 0.6) is 0 Å². The first-order valence-corrected chi connectivity index (χ1v) is 10.5. The lowest BCUT2D eigenvalue weighted by Crippen LogP contribution is -2.08. The molecule has 154 valence electrons. The van der Waals surface area contributed by atoms with Crippen molar-refractivity contribution in [1.82, 2.24) is 19.3 Å². The lowest BCUT2D eigenvalue weighted by atomic mass is 10.1. The minimum absolute atomic E-state index is 0.186. The monoisotopic (exact) mass is 409 g/mol. The average molecular weight is 409 g/mol.